The molecule has 2 aliphatic rings. The first-order valence-corrected chi connectivity index (χ1v) is 8.63. The Kier molecular flexibility index (Phi) is 3.58. The fourth-order valence-corrected chi connectivity index (χ4v) is 4.23. The second kappa shape index (κ2) is 5.65. The van der Waals surface area contributed by atoms with Crippen LogP contribution in [-0.2, 0) is 4.79 Å². The highest BCUT2D eigenvalue weighted by atomic mass is 16.5. The highest BCUT2D eigenvalue weighted by Crippen LogP contribution is 2.40. The molecule has 0 spiro atoms. The molecule has 0 aromatic carbocycles. The van der Waals surface area contributed by atoms with Gasteiger partial charge in [0.2, 0.25) is 5.91 Å². The standard InChI is InChI=1S/C17H22N4O3/c1-9-14(10(2)24-20-9)12-8-13(22)18-16-15(12)17(23)19-21(16)11-6-4-3-5-7-11/h11-12H,3-8H2,1-2H3,(H,18,22)(H,19,23)/t12-/m0/s1. The molecule has 2 aromatic heterocycles. The topological polar surface area (TPSA) is 92.9 Å². The number of aromatic nitrogens is 3. The second-order valence-electron chi connectivity index (χ2n) is 6.91. The van der Waals surface area contributed by atoms with Crippen LogP contribution in [0, 0.1) is 13.8 Å². The van der Waals surface area contributed by atoms with E-state index in [0.717, 1.165) is 36.9 Å². The van der Waals surface area contributed by atoms with Crippen LogP contribution in [0.3, 0.4) is 0 Å². The van der Waals surface area contributed by atoms with Gasteiger partial charge in [0.15, 0.2) is 0 Å². The van der Waals surface area contributed by atoms with Gasteiger partial charge in [-0.2, -0.15) is 0 Å². The molecular formula is C17H22N4O3. The molecule has 128 valence electrons. The van der Waals surface area contributed by atoms with Crippen LogP contribution in [0.5, 0.6) is 0 Å². The lowest BCUT2D eigenvalue weighted by atomic mass is 9.86. The van der Waals surface area contributed by atoms with Gasteiger partial charge in [-0.1, -0.05) is 24.4 Å². The van der Waals surface area contributed by atoms with Crippen molar-refractivity contribution in [3.8, 4) is 0 Å². The smallest absolute Gasteiger partial charge is 0.270 e. The van der Waals surface area contributed by atoms with Crippen molar-refractivity contribution < 1.29 is 9.32 Å². The van der Waals surface area contributed by atoms with Crippen molar-refractivity contribution in [2.24, 2.45) is 0 Å². The van der Waals surface area contributed by atoms with E-state index in [9.17, 15) is 9.59 Å². The summed E-state index contributed by atoms with van der Waals surface area (Å²) in [5, 5.41) is 9.88. The average molecular weight is 330 g/mol. The zero-order chi connectivity index (χ0) is 16.8. The molecule has 24 heavy (non-hydrogen) atoms. The lowest BCUT2D eigenvalue weighted by Crippen LogP contribution is -2.28. The fourth-order valence-electron chi connectivity index (χ4n) is 4.23. The quantitative estimate of drug-likeness (QED) is 0.885. The zero-order valence-electron chi connectivity index (χ0n) is 14.0. The minimum atomic E-state index is -0.298. The largest absolute Gasteiger partial charge is 0.361 e. The third kappa shape index (κ3) is 2.30. The summed E-state index contributed by atoms with van der Waals surface area (Å²) in [4.78, 5) is 25.0. The van der Waals surface area contributed by atoms with Crippen molar-refractivity contribution in [3.05, 3.63) is 32.9 Å². The Bertz CT molecular complexity index is 819. The molecule has 0 unspecified atom stereocenters. The Morgan fingerprint density at radius 3 is 2.54 bits per heavy atom. The highest BCUT2D eigenvalue weighted by molar-refractivity contribution is 5.94. The minimum Gasteiger partial charge on any atom is -0.361 e. The molecule has 7 nitrogen and oxygen atoms in total. The van der Waals surface area contributed by atoms with E-state index in [2.05, 4.69) is 15.6 Å². The lowest BCUT2D eigenvalue weighted by Gasteiger charge is -2.28. The third-order valence-electron chi connectivity index (χ3n) is 5.34. The van der Waals surface area contributed by atoms with Crippen LogP contribution in [-0.4, -0.2) is 20.8 Å². The summed E-state index contributed by atoms with van der Waals surface area (Å²) in [5.41, 5.74) is 2.11. The number of carbonyl (C=O) groups excluding carboxylic acids is 1. The van der Waals surface area contributed by atoms with Crippen molar-refractivity contribution in [1.82, 2.24) is 14.9 Å². The van der Waals surface area contributed by atoms with Gasteiger partial charge in [0.1, 0.15) is 11.6 Å². The van der Waals surface area contributed by atoms with Gasteiger partial charge in [-0.15, -0.1) is 0 Å². The first kappa shape index (κ1) is 15.2. The number of fused-ring (bicyclic) bond motifs is 1. The van der Waals surface area contributed by atoms with Crippen LogP contribution >= 0.6 is 0 Å². The normalized spacial score (nSPS) is 21.6. The number of H-pyrrole nitrogens is 1. The van der Waals surface area contributed by atoms with E-state index >= 15 is 0 Å². The maximum absolute atomic E-state index is 12.7. The molecule has 0 radical (unpaired) electrons. The lowest BCUT2D eigenvalue weighted by molar-refractivity contribution is -0.116. The first-order chi connectivity index (χ1) is 11.6. The van der Waals surface area contributed by atoms with Crippen LogP contribution in [0.15, 0.2) is 9.32 Å². The Morgan fingerprint density at radius 2 is 1.88 bits per heavy atom. The van der Waals surface area contributed by atoms with Crippen LogP contribution in [0.25, 0.3) is 0 Å². The maximum atomic E-state index is 12.7. The zero-order valence-corrected chi connectivity index (χ0v) is 14.0. The predicted molar refractivity (Wildman–Crippen MR) is 88.2 cm³/mol. The minimum absolute atomic E-state index is 0.0731. The molecule has 7 heteroatoms. The number of rotatable bonds is 2. The monoisotopic (exact) mass is 330 g/mol. The number of carbonyl (C=O) groups is 1. The second-order valence-corrected chi connectivity index (χ2v) is 6.91. The van der Waals surface area contributed by atoms with Gasteiger partial charge >= 0.3 is 0 Å². The van der Waals surface area contributed by atoms with Crippen LogP contribution in [0.4, 0.5) is 5.82 Å². The van der Waals surface area contributed by atoms with E-state index in [1.165, 1.54) is 6.42 Å². The molecule has 3 heterocycles. The molecule has 2 N–H and O–H groups in total. The van der Waals surface area contributed by atoms with Gasteiger partial charge in [-0.05, 0) is 26.7 Å². The number of nitrogens with zero attached hydrogens (tertiary/aromatic N) is 2. The third-order valence-corrected chi connectivity index (χ3v) is 5.34. The molecular weight excluding hydrogens is 308 g/mol. The number of hydrogen-bond acceptors (Lipinski definition) is 4. The molecule has 0 saturated heterocycles. The Morgan fingerprint density at radius 1 is 1.12 bits per heavy atom. The van der Waals surface area contributed by atoms with E-state index in [0.29, 0.717) is 17.1 Å². The molecule has 1 atom stereocenters. The summed E-state index contributed by atoms with van der Waals surface area (Å²) in [6.07, 6.45) is 5.85. The predicted octanol–water partition coefficient (Wildman–Crippen LogP) is 2.76. The number of amides is 1. The van der Waals surface area contributed by atoms with Gasteiger partial charge < -0.3 is 9.84 Å². The summed E-state index contributed by atoms with van der Waals surface area (Å²) in [5.74, 6) is 0.931. The number of nitrogens with one attached hydrogen (secondary N) is 2. The van der Waals surface area contributed by atoms with Gasteiger partial charge in [0, 0.05) is 17.9 Å². The highest BCUT2D eigenvalue weighted by Gasteiger charge is 2.36. The Hall–Kier alpha value is -2.31. The van der Waals surface area contributed by atoms with Crippen LogP contribution in [0.1, 0.15) is 73.1 Å². The van der Waals surface area contributed by atoms with Gasteiger partial charge in [-0.3, -0.25) is 19.4 Å². The van der Waals surface area contributed by atoms with Gasteiger partial charge in [0.05, 0.1) is 17.3 Å². The van der Waals surface area contributed by atoms with E-state index in [1.54, 1.807) is 0 Å². The summed E-state index contributed by atoms with van der Waals surface area (Å²) in [6, 6.07) is 0.249. The number of aryl methyl sites for hydroxylation is 2. The molecule has 1 amide bonds. The van der Waals surface area contributed by atoms with Gasteiger partial charge in [-0.25, -0.2) is 0 Å². The molecule has 1 fully saturated rings. The summed E-state index contributed by atoms with van der Waals surface area (Å²) >= 11 is 0. The van der Waals surface area contributed by atoms with Crippen molar-refractivity contribution in [1.29, 1.82) is 0 Å². The van der Waals surface area contributed by atoms with Crippen LogP contribution in [0.2, 0.25) is 0 Å². The van der Waals surface area contributed by atoms with Crippen molar-refractivity contribution in [2.75, 3.05) is 5.32 Å². The van der Waals surface area contributed by atoms with Crippen molar-refractivity contribution in [2.45, 2.75) is 64.3 Å². The molecule has 1 saturated carbocycles. The number of aromatic amines is 1. The summed E-state index contributed by atoms with van der Waals surface area (Å²) in [6.45, 7) is 3.68. The molecule has 1 aliphatic heterocycles. The molecule has 2 aromatic rings. The number of hydrogen-bond donors (Lipinski definition) is 2. The summed E-state index contributed by atoms with van der Waals surface area (Å²) < 4.78 is 7.15. The fraction of sp³-hybridized carbons (Fsp3) is 0.588. The average Bonchev–Trinajstić information content (AvgIpc) is 3.07. The molecule has 0 bridgehead atoms. The van der Waals surface area contributed by atoms with E-state index in [1.807, 2.05) is 18.5 Å². The van der Waals surface area contributed by atoms with Crippen LogP contribution < -0.4 is 10.9 Å². The van der Waals surface area contributed by atoms with E-state index < -0.39 is 0 Å². The van der Waals surface area contributed by atoms with Crippen molar-refractivity contribution >= 4 is 11.7 Å². The SMILES string of the molecule is Cc1noc(C)c1[C@@H]1CC(=O)Nc2c1c(=O)[nH]n2C1CCCCC1. The van der Waals surface area contributed by atoms with Gasteiger partial charge in [0.25, 0.3) is 5.56 Å². The number of anilines is 1. The molecule has 1 aliphatic carbocycles. The first-order valence-electron chi connectivity index (χ1n) is 8.63. The van der Waals surface area contributed by atoms with E-state index in [4.69, 9.17) is 4.52 Å². The molecule has 4 rings (SSSR count). The maximum Gasteiger partial charge on any atom is 0.270 e. The van der Waals surface area contributed by atoms with E-state index in [-0.39, 0.29) is 29.8 Å². The van der Waals surface area contributed by atoms with Crippen molar-refractivity contribution in [3.63, 3.8) is 0 Å². The Labute approximate surface area is 139 Å². The summed E-state index contributed by atoms with van der Waals surface area (Å²) in [7, 11) is 0. The Balaban J connectivity index is 1.84.